The van der Waals surface area contributed by atoms with Crippen molar-refractivity contribution in [3.05, 3.63) is 48.9 Å². The zero-order valence-electron chi connectivity index (χ0n) is 10.7. The zero-order valence-corrected chi connectivity index (χ0v) is 10.7. The maximum Gasteiger partial charge on any atom is 0.172 e. The van der Waals surface area contributed by atoms with Crippen molar-refractivity contribution in [1.29, 1.82) is 0 Å². The molecule has 0 aliphatic rings. The van der Waals surface area contributed by atoms with Gasteiger partial charge in [0, 0.05) is 31.7 Å². The van der Waals surface area contributed by atoms with Crippen molar-refractivity contribution in [2.75, 3.05) is 17.6 Å². The lowest BCUT2D eigenvalue weighted by Crippen LogP contribution is -2.07. The summed E-state index contributed by atoms with van der Waals surface area (Å²) in [4.78, 5) is 0. The highest BCUT2D eigenvalue weighted by Gasteiger charge is 2.07. The van der Waals surface area contributed by atoms with Crippen LogP contribution in [-0.2, 0) is 6.54 Å². The molecule has 3 rings (SSSR count). The molecule has 0 atom stereocenters. The van der Waals surface area contributed by atoms with Crippen LogP contribution in [0.25, 0.3) is 5.52 Å². The van der Waals surface area contributed by atoms with Crippen LogP contribution >= 0.6 is 0 Å². The first-order valence-electron chi connectivity index (χ1n) is 6.42. The maximum absolute atomic E-state index is 6.06. The smallest absolute Gasteiger partial charge is 0.172 e. The van der Waals surface area contributed by atoms with Gasteiger partial charge in [-0.1, -0.05) is 6.07 Å². The van der Waals surface area contributed by atoms with E-state index in [0.717, 1.165) is 30.8 Å². The van der Waals surface area contributed by atoms with Gasteiger partial charge in [0.2, 0.25) is 0 Å². The first-order valence-corrected chi connectivity index (χ1v) is 6.42. The Bertz CT molecular complexity index is 654. The third-order valence-corrected chi connectivity index (χ3v) is 3.13. The number of pyridine rings is 1. The molecule has 0 spiro atoms. The fourth-order valence-electron chi connectivity index (χ4n) is 2.14. The van der Waals surface area contributed by atoms with E-state index in [1.54, 1.807) is 4.52 Å². The molecule has 0 aliphatic carbocycles. The molecule has 5 nitrogen and oxygen atoms in total. The third-order valence-electron chi connectivity index (χ3n) is 3.13. The standard InChI is InChI=1S/C14H17N5/c15-13-12-6-1-2-11-19(12)17-14(13)16-7-5-10-18-8-3-4-9-18/h1-4,6,8-9,11H,5,7,10,15H2,(H,16,17). The normalized spacial score (nSPS) is 10.9. The summed E-state index contributed by atoms with van der Waals surface area (Å²) in [5, 5.41) is 7.72. The van der Waals surface area contributed by atoms with Crippen LogP contribution in [0.4, 0.5) is 11.5 Å². The van der Waals surface area contributed by atoms with Gasteiger partial charge in [-0.2, -0.15) is 0 Å². The Kier molecular flexibility index (Phi) is 3.10. The number of fused-ring (bicyclic) bond motifs is 1. The highest BCUT2D eigenvalue weighted by atomic mass is 15.3. The minimum atomic E-state index is 0.710. The van der Waals surface area contributed by atoms with Crippen molar-refractivity contribution < 1.29 is 0 Å². The predicted octanol–water partition coefficient (Wildman–Crippen LogP) is 2.22. The van der Waals surface area contributed by atoms with Gasteiger partial charge >= 0.3 is 0 Å². The van der Waals surface area contributed by atoms with E-state index < -0.39 is 0 Å². The summed E-state index contributed by atoms with van der Waals surface area (Å²) in [6.45, 7) is 1.85. The molecule has 3 aromatic heterocycles. The van der Waals surface area contributed by atoms with Crippen LogP contribution in [-0.4, -0.2) is 20.7 Å². The molecule has 3 N–H and O–H groups in total. The largest absolute Gasteiger partial charge is 0.394 e. The Hall–Kier alpha value is -2.43. The van der Waals surface area contributed by atoms with Gasteiger partial charge in [0.25, 0.3) is 0 Å². The monoisotopic (exact) mass is 255 g/mol. The lowest BCUT2D eigenvalue weighted by molar-refractivity contribution is 0.664. The van der Waals surface area contributed by atoms with Gasteiger partial charge < -0.3 is 15.6 Å². The lowest BCUT2D eigenvalue weighted by Gasteiger charge is -2.04. The van der Waals surface area contributed by atoms with E-state index in [1.165, 1.54) is 0 Å². The van der Waals surface area contributed by atoms with Gasteiger partial charge in [-0.3, -0.25) is 0 Å². The molecule has 0 fully saturated rings. The van der Waals surface area contributed by atoms with Gasteiger partial charge in [-0.05, 0) is 30.7 Å². The van der Waals surface area contributed by atoms with Gasteiger partial charge in [0.05, 0.1) is 5.52 Å². The van der Waals surface area contributed by atoms with Crippen LogP contribution in [0.5, 0.6) is 0 Å². The molecule has 3 aromatic rings. The number of nitrogen functional groups attached to an aromatic ring is 1. The first-order chi connectivity index (χ1) is 9.34. The number of nitrogens with one attached hydrogen (secondary N) is 1. The summed E-state index contributed by atoms with van der Waals surface area (Å²) in [5.74, 6) is 0.763. The molecule has 19 heavy (non-hydrogen) atoms. The van der Waals surface area contributed by atoms with Crippen molar-refractivity contribution in [3.63, 3.8) is 0 Å². The highest BCUT2D eigenvalue weighted by molar-refractivity contribution is 5.80. The zero-order chi connectivity index (χ0) is 13.1. The van der Waals surface area contributed by atoms with Crippen molar-refractivity contribution >= 4 is 17.0 Å². The molecular weight excluding hydrogens is 238 g/mol. The van der Waals surface area contributed by atoms with Crippen LogP contribution in [0.1, 0.15) is 6.42 Å². The van der Waals surface area contributed by atoms with E-state index in [4.69, 9.17) is 5.73 Å². The first kappa shape index (κ1) is 11.6. The minimum absolute atomic E-state index is 0.710. The Morgan fingerprint density at radius 2 is 1.89 bits per heavy atom. The number of anilines is 2. The van der Waals surface area contributed by atoms with E-state index in [0.29, 0.717) is 5.69 Å². The summed E-state index contributed by atoms with van der Waals surface area (Å²) in [6, 6.07) is 9.94. The second kappa shape index (κ2) is 5.06. The van der Waals surface area contributed by atoms with Crippen LogP contribution < -0.4 is 11.1 Å². The molecule has 0 radical (unpaired) electrons. The Morgan fingerprint density at radius 1 is 1.11 bits per heavy atom. The van der Waals surface area contributed by atoms with Gasteiger partial charge in [-0.25, -0.2) is 4.52 Å². The van der Waals surface area contributed by atoms with Crippen molar-refractivity contribution in [2.45, 2.75) is 13.0 Å². The van der Waals surface area contributed by atoms with Crippen molar-refractivity contribution in [3.8, 4) is 0 Å². The molecule has 3 heterocycles. The number of aromatic nitrogens is 3. The van der Waals surface area contributed by atoms with E-state index in [-0.39, 0.29) is 0 Å². The van der Waals surface area contributed by atoms with Gasteiger partial charge in [-0.15, -0.1) is 5.10 Å². The average Bonchev–Trinajstić information content (AvgIpc) is 3.04. The molecule has 98 valence electrons. The summed E-state index contributed by atoms with van der Waals surface area (Å²) < 4.78 is 3.96. The fraction of sp³-hybridized carbons (Fsp3) is 0.214. The molecule has 0 saturated carbocycles. The van der Waals surface area contributed by atoms with Crippen LogP contribution in [0.2, 0.25) is 0 Å². The quantitative estimate of drug-likeness (QED) is 0.687. The van der Waals surface area contributed by atoms with Crippen LogP contribution in [0, 0.1) is 0 Å². The Morgan fingerprint density at radius 3 is 2.68 bits per heavy atom. The summed E-state index contributed by atoms with van der Waals surface area (Å²) in [7, 11) is 0. The highest BCUT2D eigenvalue weighted by Crippen LogP contribution is 2.22. The van der Waals surface area contributed by atoms with Gasteiger partial charge in [0.1, 0.15) is 5.69 Å². The molecule has 0 saturated heterocycles. The van der Waals surface area contributed by atoms with Gasteiger partial charge in [0.15, 0.2) is 5.82 Å². The molecule has 0 aromatic carbocycles. The molecule has 0 amide bonds. The summed E-state index contributed by atoms with van der Waals surface area (Å²) in [6.07, 6.45) is 7.07. The SMILES string of the molecule is Nc1c(NCCCn2cccc2)nn2ccccc12. The number of nitrogens with zero attached hydrogens (tertiary/aromatic N) is 3. The Labute approximate surface area is 111 Å². The van der Waals surface area contributed by atoms with E-state index in [2.05, 4.69) is 27.4 Å². The van der Waals surface area contributed by atoms with E-state index in [1.807, 2.05) is 36.5 Å². The Balaban J connectivity index is 1.61. The number of rotatable bonds is 5. The molecule has 0 aliphatic heterocycles. The predicted molar refractivity (Wildman–Crippen MR) is 77.1 cm³/mol. The number of hydrogen-bond acceptors (Lipinski definition) is 3. The number of nitrogens with two attached hydrogens (primary N) is 1. The minimum Gasteiger partial charge on any atom is -0.394 e. The number of hydrogen-bond donors (Lipinski definition) is 2. The van der Waals surface area contributed by atoms with Crippen molar-refractivity contribution in [2.24, 2.45) is 0 Å². The summed E-state index contributed by atoms with van der Waals surface area (Å²) >= 11 is 0. The second-order valence-electron chi connectivity index (χ2n) is 4.49. The number of aryl methyl sites for hydroxylation is 1. The van der Waals surface area contributed by atoms with Crippen LogP contribution in [0.3, 0.4) is 0 Å². The average molecular weight is 255 g/mol. The van der Waals surface area contributed by atoms with E-state index in [9.17, 15) is 0 Å². The lowest BCUT2D eigenvalue weighted by atomic mass is 10.3. The molecule has 5 heteroatoms. The van der Waals surface area contributed by atoms with Crippen molar-refractivity contribution in [1.82, 2.24) is 14.2 Å². The maximum atomic E-state index is 6.06. The molecule has 0 bridgehead atoms. The molecular formula is C14H17N5. The third kappa shape index (κ3) is 2.40. The topological polar surface area (TPSA) is 60.3 Å². The van der Waals surface area contributed by atoms with E-state index >= 15 is 0 Å². The summed E-state index contributed by atoms with van der Waals surface area (Å²) in [5.41, 5.74) is 7.71. The van der Waals surface area contributed by atoms with Crippen LogP contribution in [0.15, 0.2) is 48.9 Å². The fourth-order valence-corrected chi connectivity index (χ4v) is 2.14. The second-order valence-corrected chi connectivity index (χ2v) is 4.49. The molecule has 0 unspecified atom stereocenters.